The molecule has 4 aromatic rings. The molecule has 0 spiro atoms. The van der Waals surface area contributed by atoms with Crippen molar-refractivity contribution in [2.45, 2.75) is 20.3 Å². The van der Waals surface area contributed by atoms with Gasteiger partial charge in [0, 0.05) is 35.7 Å². The number of hydrogen-bond donors (Lipinski definition) is 0. The fourth-order valence-electron chi connectivity index (χ4n) is 3.97. The van der Waals surface area contributed by atoms with Crippen molar-refractivity contribution in [3.63, 3.8) is 0 Å². The van der Waals surface area contributed by atoms with Gasteiger partial charge in [0.25, 0.3) is 5.91 Å². The van der Waals surface area contributed by atoms with Crippen LogP contribution >= 0.6 is 11.3 Å². The van der Waals surface area contributed by atoms with Crippen LogP contribution in [0.3, 0.4) is 0 Å². The second-order valence-electron chi connectivity index (χ2n) is 6.97. The Hall–Kier alpha value is -2.92. The number of carbonyl (C=O) groups excluding carboxylic acids is 1. The molecule has 0 atom stereocenters. The molecule has 1 aliphatic rings. The SMILES string of the molecule is Cc1cc(C)c2c(-n3cccc3)c(C(=O)N3CCc4ccccc43)sc2n1. The molecule has 1 aliphatic heterocycles. The molecule has 5 heteroatoms. The summed E-state index contributed by atoms with van der Waals surface area (Å²) in [5.74, 6) is 0.0590. The Morgan fingerprint density at radius 1 is 1.11 bits per heavy atom. The molecule has 3 aromatic heterocycles. The average Bonchev–Trinajstić information content (AvgIpc) is 3.38. The van der Waals surface area contributed by atoms with Gasteiger partial charge in [-0.15, -0.1) is 11.3 Å². The van der Waals surface area contributed by atoms with Gasteiger partial charge in [0.2, 0.25) is 0 Å². The van der Waals surface area contributed by atoms with E-state index in [0.717, 1.165) is 50.7 Å². The van der Waals surface area contributed by atoms with Crippen LogP contribution in [-0.4, -0.2) is 22.0 Å². The first-order valence-electron chi connectivity index (χ1n) is 9.07. The fourth-order valence-corrected chi connectivity index (χ4v) is 5.21. The van der Waals surface area contributed by atoms with E-state index in [9.17, 15) is 4.79 Å². The Morgan fingerprint density at radius 2 is 1.89 bits per heavy atom. The number of aromatic nitrogens is 2. The van der Waals surface area contributed by atoms with Gasteiger partial charge in [-0.3, -0.25) is 4.79 Å². The third-order valence-electron chi connectivity index (χ3n) is 5.15. The van der Waals surface area contributed by atoms with E-state index in [1.54, 1.807) is 0 Å². The number of para-hydroxylation sites is 1. The largest absolute Gasteiger partial charge is 0.322 e. The van der Waals surface area contributed by atoms with E-state index in [4.69, 9.17) is 4.98 Å². The zero-order valence-corrected chi connectivity index (χ0v) is 16.1. The molecule has 0 unspecified atom stereocenters. The van der Waals surface area contributed by atoms with Crippen LogP contribution in [0.2, 0.25) is 0 Å². The van der Waals surface area contributed by atoms with Crippen molar-refractivity contribution in [3.8, 4) is 5.69 Å². The van der Waals surface area contributed by atoms with Crippen LogP contribution in [0.1, 0.15) is 26.5 Å². The first-order chi connectivity index (χ1) is 13.1. The van der Waals surface area contributed by atoms with Crippen LogP contribution in [0.5, 0.6) is 0 Å². The Bertz CT molecular complexity index is 1170. The smallest absolute Gasteiger partial charge is 0.270 e. The van der Waals surface area contributed by atoms with E-state index in [-0.39, 0.29) is 5.91 Å². The molecule has 5 rings (SSSR count). The number of fused-ring (bicyclic) bond motifs is 2. The molecule has 134 valence electrons. The normalized spacial score (nSPS) is 13.3. The van der Waals surface area contributed by atoms with Gasteiger partial charge in [-0.1, -0.05) is 18.2 Å². The molecular weight excluding hydrogens is 354 g/mol. The molecular formula is C22H19N3OS. The van der Waals surface area contributed by atoms with Gasteiger partial charge < -0.3 is 9.47 Å². The fraction of sp³-hybridized carbons (Fsp3) is 0.182. The summed E-state index contributed by atoms with van der Waals surface area (Å²) in [6, 6.07) is 14.2. The molecule has 4 heterocycles. The predicted molar refractivity (Wildman–Crippen MR) is 110 cm³/mol. The van der Waals surface area contributed by atoms with Gasteiger partial charge >= 0.3 is 0 Å². The van der Waals surface area contributed by atoms with Crippen LogP contribution in [0.25, 0.3) is 15.9 Å². The third kappa shape index (κ3) is 2.50. The third-order valence-corrected chi connectivity index (χ3v) is 6.21. The molecule has 27 heavy (non-hydrogen) atoms. The lowest BCUT2D eigenvalue weighted by Crippen LogP contribution is -2.28. The Labute approximate surface area is 161 Å². The minimum absolute atomic E-state index is 0.0590. The van der Waals surface area contributed by atoms with E-state index in [1.165, 1.54) is 16.9 Å². The van der Waals surface area contributed by atoms with Crippen LogP contribution in [0.4, 0.5) is 5.69 Å². The summed E-state index contributed by atoms with van der Waals surface area (Å²) in [5, 5.41) is 1.07. The number of benzene rings is 1. The standard InChI is InChI=1S/C22H19N3OS/c1-14-13-15(2)23-21-18(14)19(24-10-5-6-11-24)20(27-21)22(26)25-12-9-16-7-3-4-8-17(16)25/h3-8,10-11,13H,9,12H2,1-2H3. The summed E-state index contributed by atoms with van der Waals surface area (Å²) in [5.41, 5.74) is 5.34. The molecule has 1 amide bonds. The summed E-state index contributed by atoms with van der Waals surface area (Å²) >= 11 is 1.50. The van der Waals surface area contributed by atoms with Crippen LogP contribution < -0.4 is 4.90 Å². The van der Waals surface area contributed by atoms with Crippen molar-refractivity contribution >= 4 is 33.1 Å². The molecule has 0 fully saturated rings. The zero-order chi connectivity index (χ0) is 18.5. The van der Waals surface area contributed by atoms with Gasteiger partial charge in [0.1, 0.15) is 9.71 Å². The van der Waals surface area contributed by atoms with Crippen molar-refractivity contribution in [2.24, 2.45) is 0 Å². The molecule has 4 nitrogen and oxygen atoms in total. The maximum Gasteiger partial charge on any atom is 0.270 e. The lowest BCUT2D eigenvalue weighted by Gasteiger charge is -2.17. The number of hydrogen-bond acceptors (Lipinski definition) is 3. The minimum atomic E-state index is 0.0590. The van der Waals surface area contributed by atoms with Gasteiger partial charge in [0.05, 0.1) is 5.69 Å². The number of amides is 1. The second kappa shape index (κ2) is 6.06. The molecule has 0 saturated carbocycles. The maximum atomic E-state index is 13.6. The zero-order valence-electron chi connectivity index (χ0n) is 15.3. The number of aryl methyl sites for hydroxylation is 2. The van der Waals surface area contributed by atoms with E-state index >= 15 is 0 Å². The number of nitrogens with zero attached hydrogens (tertiary/aromatic N) is 3. The molecule has 0 radical (unpaired) electrons. The first kappa shape index (κ1) is 16.3. The Morgan fingerprint density at radius 3 is 2.70 bits per heavy atom. The lowest BCUT2D eigenvalue weighted by molar-refractivity contribution is 0.0993. The molecule has 1 aromatic carbocycles. The van der Waals surface area contributed by atoms with Gasteiger partial charge in [0.15, 0.2) is 0 Å². The van der Waals surface area contributed by atoms with Gasteiger partial charge in [-0.05, 0) is 55.7 Å². The van der Waals surface area contributed by atoms with Crippen molar-refractivity contribution in [2.75, 3.05) is 11.4 Å². The highest BCUT2D eigenvalue weighted by Crippen LogP contribution is 2.38. The Balaban J connectivity index is 1.73. The number of thiophene rings is 1. The topological polar surface area (TPSA) is 38.1 Å². The average molecular weight is 373 g/mol. The van der Waals surface area contributed by atoms with E-state index < -0.39 is 0 Å². The predicted octanol–water partition coefficient (Wildman–Crippen LogP) is 4.91. The molecule has 0 saturated heterocycles. The monoisotopic (exact) mass is 373 g/mol. The minimum Gasteiger partial charge on any atom is -0.322 e. The number of pyridine rings is 1. The van der Waals surface area contributed by atoms with Gasteiger partial charge in [-0.2, -0.15) is 0 Å². The second-order valence-corrected chi connectivity index (χ2v) is 7.97. The molecule has 0 N–H and O–H groups in total. The van der Waals surface area contributed by atoms with E-state index in [0.29, 0.717) is 0 Å². The van der Waals surface area contributed by atoms with Crippen LogP contribution in [-0.2, 0) is 6.42 Å². The summed E-state index contributed by atoms with van der Waals surface area (Å²) < 4.78 is 2.04. The van der Waals surface area contributed by atoms with Crippen molar-refractivity contribution in [1.82, 2.24) is 9.55 Å². The summed E-state index contributed by atoms with van der Waals surface area (Å²) in [6.45, 7) is 4.82. The van der Waals surface area contributed by atoms with Crippen molar-refractivity contribution < 1.29 is 4.79 Å². The first-order valence-corrected chi connectivity index (χ1v) is 9.89. The molecule has 0 aliphatic carbocycles. The highest BCUT2D eigenvalue weighted by Gasteiger charge is 2.30. The van der Waals surface area contributed by atoms with E-state index in [1.807, 2.05) is 59.1 Å². The van der Waals surface area contributed by atoms with Gasteiger partial charge in [-0.25, -0.2) is 4.98 Å². The Kier molecular flexibility index (Phi) is 3.65. The van der Waals surface area contributed by atoms with Crippen molar-refractivity contribution in [1.29, 1.82) is 0 Å². The number of rotatable bonds is 2. The highest BCUT2D eigenvalue weighted by atomic mass is 32.1. The summed E-state index contributed by atoms with van der Waals surface area (Å²) in [6.07, 6.45) is 4.90. The van der Waals surface area contributed by atoms with Crippen LogP contribution in [0.15, 0.2) is 54.9 Å². The highest BCUT2D eigenvalue weighted by molar-refractivity contribution is 7.21. The van der Waals surface area contributed by atoms with Crippen LogP contribution in [0, 0.1) is 13.8 Å². The summed E-state index contributed by atoms with van der Waals surface area (Å²) in [7, 11) is 0. The summed E-state index contributed by atoms with van der Waals surface area (Å²) in [4.78, 5) is 21.9. The van der Waals surface area contributed by atoms with E-state index in [2.05, 4.69) is 19.1 Å². The maximum absolute atomic E-state index is 13.6. The quantitative estimate of drug-likeness (QED) is 0.501. The number of anilines is 1. The van der Waals surface area contributed by atoms with Crippen molar-refractivity contribution in [3.05, 3.63) is 76.6 Å². The lowest BCUT2D eigenvalue weighted by atomic mass is 10.1. The molecule has 0 bridgehead atoms. The number of carbonyl (C=O) groups is 1.